The molecule has 5 aliphatic rings. The van der Waals surface area contributed by atoms with E-state index in [9.17, 15) is 9.59 Å². The van der Waals surface area contributed by atoms with Crippen molar-refractivity contribution in [3.8, 4) is 0 Å². The van der Waals surface area contributed by atoms with Gasteiger partial charge in [-0.3, -0.25) is 9.59 Å². The van der Waals surface area contributed by atoms with E-state index in [1.165, 1.54) is 25.7 Å². The second kappa shape index (κ2) is 5.98. The fraction of sp³-hybridized carbons (Fsp3) is 0.846. The van der Waals surface area contributed by atoms with Crippen molar-refractivity contribution in [2.45, 2.75) is 86.0 Å². The van der Waals surface area contributed by atoms with Crippen LogP contribution in [0.2, 0.25) is 0 Å². The van der Waals surface area contributed by atoms with E-state index in [0.717, 1.165) is 19.3 Å². The summed E-state index contributed by atoms with van der Waals surface area (Å²) < 4.78 is 5.38. The molecule has 0 aromatic heterocycles. The molecule has 1 aliphatic heterocycles. The quantitative estimate of drug-likeness (QED) is 0.419. The molecule has 0 aromatic carbocycles. The van der Waals surface area contributed by atoms with Crippen LogP contribution in [0.5, 0.6) is 0 Å². The zero-order valence-corrected chi connectivity index (χ0v) is 19.0. The van der Waals surface area contributed by atoms with Crippen LogP contribution in [0.25, 0.3) is 0 Å². The van der Waals surface area contributed by atoms with E-state index in [4.69, 9.17) is 4.74 Å². The van der Waals surface area contributed by atoms with Gasteiger partial charge in [0.2, 0.25) is 0 Å². The van der Waals surface area contributed by atoms with E-state index < -0.39 is 0 Å². The third-order valence-electron chi connectivity index (χ3n) is 11.1. The van der Waals surface area contributed by atoms with Gasteiger partial charge in [-0.1, -0.05) is 46.3 Å². The molecule has 0 radical (unpaired) electrons. The highest BCUT2D eigenvalue weighted by molar-refractivity contribution is 5.85. The number of carbonyl (C=O) groups excluding carboxylic acids is 2. The minimum absolute atomic E-state index is 0.00206. The van der Waals surface area contributed by atoms with Gasteiger partial charge in [-0.25, -0.2) is 0 Å². The number of ether oxygens (including phenoxy) is 1. The molecule has 0 bridgehead atoms. The van der Waals surface area contributed by atoms with Crippen LogP contribution in [0.1, 0.15) is 86.0 Å². The molecular formula is C26H38O3. The molecule has 0 unspecified atom stereocenters. The Kier molecular flexibility index (Phi) is 4.09. The number of fused-ring (bicyclic) bond motifs is 5. The Morgan fingerprint density at radius 3 is 2.45 bits per heavy atom. The normalized spacial score (nSPS) is 51.0. The van der Waals surface area contributed by atoms with Gasteiger partial charge in [0.05, 0.1) is 13.0 Å². The third-order valence-corrected chi connectivity index (χ3v) is 11.1. The molecule has 4 aliphatic carbocycles. The highest BCUT2D eigenvalue weighted by Gasteiger charge is 2.65. The number of hydrogen-bond acceptors (Lipinski definition) is 3. The maximum absolute atomic E-state index is 12.7. The van der Waals surface area contributed by atoms with Gasteiger partial charge < -0.3 is 4.74 Å². The number of ketones is 1. The van der Waals surface area contributed by atoms with E-state index in [1.807, 2.05) is 0 Å². The number of hydrogen-bond donors (Lipinski definition) is 0. The summed E-state index contributed by atoms with van der Waals surface area (Å²) in [5, 5.41) is 0. The molecule has 3 saturated carbocycles. The number of carbonyl (C=O) groups is 2. The summed E-state index contributed by atoms with van der Waals surface area (Å²) in [4.78, 5) is 24.5. The highest BCUT2D eigenvalue weighted by Crippen LogP contribution is 2.73. The van der Waals surface area contributed by atoms with Gasteiger partial charge in [0, 0.05) is 17.8 Å². The Labute approximate surface area is 176 Å². The summed E-state index contributed by atoms with van der Waals surface area (Å²) in [6.45, 7) is 12.6. The van der Waals surface area contributed by atoms with Crippen LogP contribution < -0.4 is 0 Å². The van der Waals surface area contributed by atoms with Gasteiger partial charge in [0.1, 0.15) is 5.78 Å². The van der Waals surface area contributed by atoms with Crippen LogP contribution in [-0.4, -0.2) is 18.4 Å². The van der Waals surface area contributed by atoms with E-state index in [2.05, 4.69) is 40.7 Å². The summed E-state index contributed by atoms with van der Waals surface area (Å²) in [5.74, 6) is 2.56. The van der Waals surface area contributed by atoms with E-state index in [-0.39, 0.29) is 27.6 Å². The van der Waals surface area contributed by atoms with E-state index >= 15 is 0 Å². The maximum atomic E-state index is 12.7. The molecule has 7 atom stereocenters. The molecule has 4 fully saturated rings. The first-order valence-corrected chi connectivity index (χ1v) is 11.9. The van der Waals surface area contributed by atoms with Gasteiger partial charge in [-0.15, -0.1) is 0 Å². The van der Waals surface area contributed by atoms with Crippen LogP contribution in [0.4, 0.5) is 0 Å². The molecule has 0 amide bonds. The van der Waals surface area contributed by atoms with Gasteiger partial charge >= 0.3 is 5.97 Å². The molecule has 0 N–H and O–H groups in total. The van der Waals surface area contributed by atoms with Gasteiger partial charge in [-0.2, -0.15) is 0 Å². The van der Waals surface area contributed by atoms with Gasteiger partial charge in [0.25, 0.3) is 0 Å². The summed E-state index contributed by atoms with van der Waals surface area (Å²) in [5.41, 5.74) is 2.25. The number of rotatable bonds is 1. The highest BCUT2D eigenvalue weighted by atomic mass is 16.5. The molecule has 5 rings (SSSR count). The average molecular weight is 399 g/mol. The van der Waals surface area contributed by atoms with Crippen molar-refractivity contribution in [2.24, 2.45) is 45.3 Å². The first-order valence-electron chi connectivity index (χ1n) is 11.9. The van der Waals surface area contributed by atoms with Crippen LogP contribution in [0.3, 0.4) is 0 Å². The second-order valence-electron chi connectivity index (χ2n) is 12.2. The van der Waals surface area contributed by atoms with Crippen molar-refractivity contribution < 1.29 is 14.3 Å². The van der Waals surface area contributed by atoms with E-state index in [1.54, 1.807) is 5.57 Å². The van der Waals surface area contributed by atoms with Crippen LogP contribution in [-0.2, 0) is 14.3 Å². The molecule has 1 heterocycles. The predicted octanol–water partition coefficient (Wildman–Crippen LogP) is 5.72. The van der Waals surface area contributed by atoms with Crippen molar-refractivity contribution in [1.82, 2.24) is 0 Å². The molecule has 1 saturated heterocycles. The van der Waals surface area contributed by atoms with Crippen molar-refractivity contribution in [3.63, 3.8) is 0 Å². The SMILES string of the molecule is CC1(C)C(=O)CC[C@]2(C)[C@@H]3CC[C@@]4(C)[C@@H]([C@@H]5COC(=O)C5)CC[C@]4(C)C3=CC[C@@H]12. The summed E-state index contributed by atoms with van der Waals surface area (Å²) in [6.07, 6.45) is 11.0. The minimum Gasteiger partial charge on any atom is -0.465 e. The van der Waals surface area contributed by atoms with Crippen molar-refractivity contribution in [1.29, 1.82) is 0 Å². The molecule has 29 heavy (non-hydrogen) atoms. The first-order chi connectivity index (χ1) is 13.5. The lowest BCUT2D eigenvalue weighted by atomic mass is 9.41. The topological polar surface area (TPSA) is 43.4 Å². The third kappa shape index (κ3) is 2.36. The number of esters is 1. The van der Waals surface area contributed by atoms with E-state index in [0.29, 0.717) is 42.5 Å². The zero-order chi connectivity index (χ0) is 20.8. The summed E-state index contributed by atoms with van der Waals surface area (Å²) in [7, 11) is 0. The fourth-order valence-electron chi connectivity index (χ4n) is 9.10. The Bertz CT molecular complexity index is 794. The van der Waals surface area contributed by atoms with Crippen LogP contribution in [0, 0.1) is 45.3 Å². The van der Waals surface area contributed by atoms with Crippen LogP contribution in [0.15, 0.2) is 11.6 Å². The fourth-order valence-corrected chi connectivity index (χ4v) is 9.10. The standard InChI is InChI=1S/C26H38O3/c1-23(2)20-7-6-19-18(24(20,3)11-10-21(23)27)9-13-25(4)17(8-12-26(19,25)5)16-14-22(28)29-15-16/h6,16-18,20H,7-15H2,1-5H3/t16-,17+,18+,20-,24+,25-,26+/m0/s1. The summed E-state index contributed by atoms with van der Waals surface area (Å²) >= 11 is 0. The van der Waals surface area contributed by atoms with Crippen molar-refractivity contribution >= 4 is 11.8 Å². The zero-order valence-electron chi connectivity index (χ0n) is 19.0. The maximum Gasteiger partial charge on any atom is 0.306 e. The number of Topliss-reactive ketones (excluding diaryl/α,β-unsaturated/α-hetero) is 1. The molecule has 160 valence electrons. The number of cyclic esters (lactones) is 1. The molecular weight excluding hydrogens is 360 g/mol. The smallest absolute Gasteiger partial charge is 0.306 e. The predicted molar refractivity (Wildman–Crippen MR) is 113 cm³/mol. The first kappa shape index (κ1) is 19.8. The second-order valence-corrected chi connectivity index (χ2v) is 12.2. The molecule has 3 nitrogen and oxygen atoms in total. The largest absolute Gasteiger partial charge is 0.465 e. The summed E-state index contributed by atoms with van der Waals surface area (Å²) in [6, 6.07) is 0. The Morgan fingerprint density at radius 1 is 1.00 bits per heavy atom. The van der Waals surface area contributed by atoms with Crippen LogP contribution >= 0.6 is 0 Å². The lowest BCUT2D eigenvalue weighted by Gasteiger charge is -2.63. The monoisotopic (exact) mass is 398 g/mol. The average Bonchev–Trinajstić information content (AvgIpc) is 3.19. The molecule has 0 aromatic rings. The van der Waals surface area contributed by atoms with Gasteiger partial charge in [-0.05, 0) is 72.5 Å². The lowest BCUT2D eigenvalue weighted by Crippen LogP contribution is -2.57. The Balaban J connectivity index is 1.52. The van der Waals surface area contributed by atoms with Crippen molar-refractivity contribution in [3.05, 3.63) is 11.6 Å². The minimum atomic E-state index is -0.198. The number of allylic oxidation sites excluding steroid dienone is 2. The van der Waals surface area contributed by atoms with Crippen molar-refractivity contribution in [2.75, 3.05) is 6.61 Å². The molecule has 3 heteroatoms. The Morgan fingerprint density at radius 2 is 1.76 bits per heavy atom. The molecule has 0 spiro atoms. The van der Waals surface area contributed by atoms with Gasteiger partial charge in [0.15, 0.2) is 0 Å². The lowest BCUT2D eigenvalue weighted by molar-refractivity contribution is -0.146. The Hall–Kier alpha value is -1.12.